The van der Waals surface area contributed by atoms with Gasteiger partial charge in [-0.15, -0.1) is 0 Å². The molecule has 0 amide bonds. The molecule has 1 aliphatic heterocycles. The van der Waals surface area contributed by atoms with Crippen molar-refractivity contribution in [3.63, 3.8) is 0 Å². The van der Waals surface area contributed by atoms with Crippen LogP contribution in [0.3, 0.4) is 0 Å². The highest BCUT2D eigenvalue weighted by atomic mass is 15.3. The summed E-state index contributed by atoms with van der Waals surface area (Å²) in [5.74, 6) is 0.738. The van der Waals surface area contributed by atoms with E-state index < -0.39 is 0 Å². The van der Waals surface area contributed by atoms with Crippen LogP contribution in [0, 0.1) is 5.92 Å². The van der Waals surface area contributed by atoms with Gasteiger partial charge in [0.05, 0.1) is 11.9 Å². The molecular weight excluding hydrogens is 406 g/mol. The van der Waals surface area contributed by atoms with Gasteiger partial charge in [-0.3, -0.25) is 9.88 Å². The van der Waals surface area contributed by atoms with Gasteiger partial charge in [0.1, 0.15) is 0 Å². The molecule has 1 atom stereocenters. The first-order valence-electron chi connectivity index (χ1n) is 12.8. The van der Waals surface area contributed by atoms with Gasteiger partial charge in [-0.1, -0.05) is 43.5 Å². The standard InChI is InChI=1S/C28H37N5/c1-3-11-27(12-4-1)32-16-8-10-25(22-32)20-31(19-24-9-7-15-29-17-24)21-26-18-30-33(23-26)28-13-5-2-6-14-28/h2,5-7,9,13-15,17-18,23,25,27H,1,3-4,8,10-12,16,19-22H2. The van der Waals surface area contributed by atoms with Crippen molar-refractivity contribution in [2.75, 3.05) is 19.6 Å². The maximum Gasteiger partial charge on any atom is 0.0645 e. The summed E-state index contributed by atoms with van der Waals surface area (Å²) >= 11 is 0. The Morgan fingerprint density at radius 3 is 2.52 bits per heavy atom. The minimum atomic E-state index is 0.738. The van der Waals surface area contributed by atoms with Crippen LogP contribution in [0.1, 0.15) is 56.1 Å². The first-order chi connectivity index (χ1) is 16.3. The van der Waals surface area contributed by atoms with Crippen molar-refractivity contribution in [2.45, 2.75) is 64.1 Å². The third-order valence-corrected chi connectivity index (χ3v) is 7.35. The van der Waals surface area contributed by atoms with Crippen molar-refractivity contribution >= 4 is 0 Å². The zero-order valence-corrected chi connectivity index (χ0v) is 19.7. The van der Waals surface area contributed by atoms with E-state index in [1.54, 1.807) is 0 Å². The molecule has 0 N–H and O–H groups in total. The predicted molar refractivity (Wildman–Crippen MR) is 133 cm³/mol. The van der Waals surface area contributed by atoms with Crippen LogP contribution in [0.5, 0.6) is 0 Å². The summed E-state index contributed by atoms with van der Waals surface area (Å²) in [6.45, 7) is 5.55. The lowest BCUT2D eigenvalue weighted by molar-refractivity contribution is 0.0771. The number of para-hydroxylation sites is 1. The second kappa shape index (κ2) is 11.1. The summed E-state index contributed by atoms with van der Waals surface area (Å²) in [5.41, 5.74) is 3.66. The molecule has 1 saturated carbocycles. The van der Waals surface area contributed by atoms with Crippen molar-refractivity contribution in [1.82, 2.24) is 24.6 Å². The van der Waals surface area contributed by atoms with Crippen LogP contribution in [0.4, 0.5) is 0 Å². The number of likely N-dealkylation sites (tertiary alicyclic amines) is 1. The Morgan fingerprint density at radius 1 is 0.848 bits per heavy atom. The number of pyridine rings is 1. The SMILES string of the molecule is c1ccc(-n2cc(CN(Cc3cccnc3)CC3CCCN(C4CCCCC4)C3)cn2)cc1. The average molecular weight is 444 g/mol. The Labute approximate surface area is 198 Å². The summed E-state index contributed by atoms with van der Waals surface area (Å²) in [7, 11) is 0. The van der Waals surface area contributed by atoms with Crippen LogP contribution in [0.15, 0.2) is 67.3 Å². The zero-order valence-electron chi connectivity index (χ0n) is 19.7. The molecule has 1 aliphatic carbocycles. The highest BCUT2D eigenvalue weighted by Crippen LogP contribution is 2.28. The molecule has 0 radical (unpaired) electrons. The Balaban J connectivity index is 1.27. The van der Waals surface area contributed by atoms with Crippen molar-refractivity contribution in [3.05, 3.63) is 78.4 Å². The highest BCUT2D eigenvalue weighted by Gasteiger charge is 2.28. The fourth-order valence-corrected chi connectivity index (χ4v) is 5.75. The number of hydrogen-bond donors (Lipinski definition) is 0. The molecule has 3 aromatic rings. The normalized spacial score (nSPS) is 20.3. The van der Waals surface area contributed by atoms with Crippen LogP contribution in [-0.4, -0.2) is 50.2 Å². The second-order valence-corrected chi connectivity index (χ2v) is 9.95. The van der Waals surface area contributed by atoms with Crippen molar-refractivity contribution in [1.29, 1.82) is 0 Å². The summed E-state index contributed by atoms with van der Waals surface area (Å²) in [6.07, 6.45) is 17.9. The predicted octanol–water partition coefficient (Wildman–Crippen LogP) is 5.31. The van der Waals surface area contributed by atoms with Gasteiger partial charge >= 0.3 is 0 Å². The monoisotopic (exact) mass is 443 g/mol. The number of aromatic nitrogens is 3. The topological polar surface area (TPSA) is 37.2 Å². The highest BCUT2D eigenvalue weighted by molar-refractivity contribution is 5.30. The molecule has 33 heavy (non-hydrogen) atoms. The lowest BCUT2D eigenvalue weighted by atomic mass is 9.90. The molecule has 2 aromatic heterocycles. The summed E-state index contributed by atoms with van der Waals surface area (Å²) in [5, 5.41) is 4.64. The number of piperidine rings is 1. The quantitative estimate of drug-likeness (QED) is 0.473. The molecule has 5 heteroatoms. The Bertz CT molecular complexity index is 964. The maximum absolute atomic E-state index is 4.64. The largest absolute Gasteiger partial charge is 0.300 e. The molecule has 0 bridgehead atoms. The van der Waals surface area contributed by atoms with Gasteiger partial charge in [0.15, 0.2) is 0 Å². The Kier molecular flexibility index (Phi) is 7.49. The van der Waals surface area contributed by atoms with E-state index in [0.717, 1.165) is 37.3 Å². The number of benzene rings is 1. The van der Waals surface area contributed by atoms with E-state index in [0.29, 0.717) is 0 Å². The Hall–Kier alpha value is -2.50. The van der Waals surface area contributed by atoms with Crippen molar-refractivity contribution in [2.24, 2.45) is 5.92 Å². The van der Waals surface area contributed by atoms with E-state index in [1.807, 2.05) is 35.4 Å². The molecule has 1 saturated heterocycles. The molecule has 2 aliphatic rings. The summed E-state index contributed by atoms with van der Waals surface area (Å²) in [4.78, 5) is 9.79. The van der Waals surface area contributed by atoms with Gasteiger partial charge in [0, 0.05) is 56.4 Å². The fourth-order valence-electron chi connectivity index (χ4n) is 5.75. The number of rotatable bonds is 8. The Morgan fingerprint density at radius 2 is 1.70 bits per heavy atom. The average Bonchev–Trinajstić information content (AvgIpc) is 3.34. The molecule has 3 heterocycles. The van der Waals surface area contributed by atoms with Gasteiger partial charge in [-0.25, -0.2) is 4.68 Å². The van der Waals surface area contributed by atoms with E-state index in [1.165, 1.54) is 69.2 Å². The van der Waals surface area contributed by atoms with Crippen molar-refractivity contribution in [3.8, 4) is 5.69 Å². The summed E-state index contributed by atoms with van der Waals surface area (Å²) < 4.78 is 1.99. The fraction of sp³-hybridized carbons (Fsp3) is 0.500. The molecular formula is C28H37N5. The van der Waals surface area contributed by atoms with Gasteiger partial charge in [-0.2, -0.15) is 5.10 Å². The molecule has 1 aromatic carbocycles. The zero-order chi connectivity index (χ0) is 22.3. The molecule has 0 spiro atoms. The van der Waals surface area contributed by atoms with E-state index >= 15 is 0 Å². The van der Waals surface area contributed by atoms with Gasteiger partial charge < -0.3 is 4.90 Å². The molecule has 5 nitrogen and oxygen atoms in total. The van der Waals surface area contributed by atoms with E-state index in [9.17, 15) is 0 Å². The van der Waals surface area contributed by atoms with Gasteiger partial charge in [-0.05, 0) is 61.9 Å². The summed E-state index contributed by atoms with van der Waals surface area (Å²) in [6, 6.07) is 15.5. The lowest BCUT2D eigenvalue weighted by Crippen LogP contribution is -2.46. The minimum Gasteiger partial charge on any atom is -0.300 e. The molecule has 174 valence electrons. The lowest BCUT2D eigenvalue weighted by Gasteiger charge is -2.41. The van der Waals surface area contributed by atoms with Crippen LogP contribution < -0.4 is 0 Å². The molecule has 1 unspecified atom stereocenters. The van der Waals surface area contributed by atoms with Gasteiger partial charge in [0.2, 0.25) is 0 Å². The van der Waals surface area contributed by atoms with E-state index in [2.05, 4.69) is 56.4 Å². The molecule has 2 fully saturated rings. The second-order valence-electron chi connectivity index (χ2n) is 9.95. The van der Waals surface area contributed by atoms with Crippen LogP contribution in [0.2, 0.25) is 0 Å². The van der Waals surface area contributed by atoms with E-state index in [-0.39, 0.29) is 0 Å². The van der Waals surface area contributed by atoms with Crippen LogP contribution >= 0.6 is 0 Å². The number of hydrogen-bond acceptors (Lipinski definition) is 4. The maximum atomic E-state index is 4.64. The van der Waals surface area contributed by atoms with Crippen LogP contribution in [-0.2, 0) is 13.1 Å². The smallest absolute Gasteiger partial charge is 0.0645 e. The van der Waals surface area contributed by atoms with E-state index in [4.69, 9.17) is 0 Å². The first-order valence-corrected chi connectivity index (χ1v) is 12.8. The minimum absolute atomic E-state index is 0.738. The molecule has 5 rings (SSSR count). The number of nitrogens with zero attached hydrogens (tertiary/aromatic N) is 5. The third kappa shape index (κ3) is 6.10. The first kappa shape index (κ1) is 22.3. The third-order valence-electron chi connectivity index (χ3n) is 7.35. The van der Waals surface area contributed by atoms with Crippen molar-refractivity contribution < 1.29 is 0 Å². The van der Waals surface area contributed by atoms with Gasteiger partial charge in [0.25, 0.3) is 0 Å². The van der Waals surface area contributed by atoms with Crippen LogP contribution in [0.25, 0.3) is 5.69 Å².